The highest BCUT2D eigenvalue weighted by Gasteiger charge is 2.17. The fourth-order valence-electron chi connectivity index (χ4n) is 2.16. The Morgan fingerprint density at radius 2 is 1.96 bits per heavy atom. The van der Waals surface area contributed by atoms with Crippen LogP contribution in [0.15, 0.2) is 48.5 Å². The van der Waals surface area contributed by atoms with Crippen molar-refractivity contribution in [2.45, 2.75) is 25.2 Å². The van der Waals surface area contributed by atoms with Crippen molar-refractivity contribution >= 4 is 29.3 Å². The van der Waals surface area contributed by atoms with E-state index >= 15 is 0 Å². The number of rotatable bonds is 9. The number of halogens is 2. The summed E-state index contributed by atoms with van der Waals surface area (Å²) in [5, 5.41) is 3.48. The highest BCUT2D eigenvalue weighted by molar-refractivity contribution is 7.98. The van der Waals surface area contributed by atoms with E-state index in [-0.39, 0.29) is 11.7 Å². The molecule has 0 saturated carbocycles. The quantitative estimate of drug-likeness (QED) is 0.640. The van der Waals surface area contributed by atoms with Gasteiger partial charge in [0.05, 0.1) is 0 Å². The zero-order valence-corrected chi connectivity index (χ0v) is 15.6. The van der Waals surface area contributed by atoms with Gasteiger partial charge in [-0.15, -0.1) is 0 Å². The molecule has 6 heteroatoms. The van der Waals surface area contributed by atoms with E-state index in [4.69, 9.17) is 16.3 Å². The van der Waals surface area contributed by atoms with Crippen molar-refractivity contribution in [1.29, 1.82) is 0 Å². The SMILES string of the molecule is CC[C@@H](Oc1ccc(Cl)cc1)C(=O)NCCSCc1ccccc1F. The molecule has 0 saturated heterocycles. The summed E-state index contributed by atoms with van der Waals surface area (Å²) in [6.07, 6.45) is 0.0225. The molecule has 3 nitrogen and oxygen atoms in total. The van der Waals surface area contributed by atoms with Crippen molar-refractivity contribution in [3.05, 3.63) is 64.9 Å². The molecule has 25 heavy (non-hydrogen) atoms. The van der Waals surface area contributed by atoms with Gasteiger partial charge in [-0.25, -0.2) is 4.39 Å². The van der Waals surface area contributed by atoms with Crippen LogP contribution in [0, 0.1) is 5.82 Å². The summed E-state index contributed by atoms with van der Waals surface area (Å²) in [5.74, 6) is 1.56. The molecule has 0 aliphatic rings. The lowest BCUT2D eigenvalue weighted by Gasteiger charge is -2.17. The summed E-state index contributed by atoms with van der Waals surface area (Å²) in [4.78, 5) is 12.2. The number of carbonyl (C=O) groups is 1. The molecule has 2 aromatic carbocycles. The molecular formula is C19H21ClFNO2S. The van der Waals surface area contributed by atoms with Crippen molar-refractivity contribution < 1.29 is 13.9 Å². The van der Waals surface area contributed by atoms with Crippen molar-refractivity contribution in [2.75, 3.05) is 12.3 Å². The van der Waals surface area contributed by atoms with E-state index in [0.29, 0.717) is 40.8 Å². The van der Waals surface area contributed by atoms with Crippen LogP contribution in [0.5, 0.6) is 5.75 Å². The van der Waals surface area contributed by atoms with Crippen LogP contribution in [0.2, 0.25) is 5.02 Å². The van der Waals surface area contributed by atoms with Gasteiger partial charge in [-0.3, -0.25) is 4.79 Å². The van der Waals surface area contributed by atoms with Gasteiger partial charge in [0.1, 0.15) is 11.6 Å². The van der Waals surface area contributed by atoms with Crippen LogP contribution < -0.4 is 10.1 Å². The van der Waals surface area contributed by atoms with Gasteiger partial charge >= 0.3 is 0 Å². The molecule has 0 spiro atoms. The van der Waals surface area contributed by atoms with Gasteiger partial charge in [0.25, 0.3) is 5.91 Å². The fraction of sp³-hybridized carbons (Fsp3) is 0.316. The lowest BCUT2D eigenvalue weighted by Crippen LogP contribution is -2.39. The monoisotopic (exact) mass is 381 g/mol. The van der Waals surface area contributed by atoms with Crippen molar-refractivity contribution in [2.24, 2.45) is 0 Å². The molecule has 0 aliphatic carbocycles. The van der Waals surface area contributed by atoms with E-state index in [1.165, 1.54) is 6.07 Å². The third kappa shape index (κ3) is 6.59. The summed E-state index contributed by atoms with van der Waals surface area (Å²) >= 11 is 7.41. The van der Waals surface area contributed by atoms with Crippen molar-refractivity contribution in [1.82, 2.24) is 5.32 Å². The van der Waals surface area contributed by atoms with Crippen molar-refractivity contribution in [3.63, 3.8) is 0 Å². The Hall–Kier alpha value is -1.72. The minimum Gasteiger partial charge on any atom is -0.481 e. The number of ether oxygens (including phenoxy) is 1. The molecule has 0 aliphatic heterocycles. The summed E-state index contributed by atoms with van der Waals surface area (Å²) in [7, 11) is 0. The third-order valence-electron chi connectivity index (χ3n) is 3.52. The Balaban J connectivity index is 1.71. The van der Waals surface area contributed by atoms with E-state index in [2.05, 4.69) is 5.32 Å². The maximum Gasteiger partial charge on any atom is 0.261 e. The Kier molecular flexibility index (Phi) is 8.09. The van der Waals surface area contributed by atoms with Crippen molar-refractivity contribution in [3.8, 4) is 5.75 Å². The van der Waals surface area contributed by atoms with Crippen LogP contribution in [-0.2, 0) is 10.5 Å². The maximum atomic E-state index is 13.5. The fourth-order valence-corrected chi connectivity index (χ4v) is 3.13. The zero-order chi connectivity index (χ0) is 18.1. The molecule has 134 valence electrons. The molecule has 1 N–H and O–H groups in total. The third-order valence-corrected chi connectivity index (χ3v) is 4.78. The number of carbonyl (C=O) groups excluding carboxylic acids is 1. The molecule has 0 bridgehead atoms. The van der Waals surface area contributed by atoms with Gasteiger partial charge in [0, 0.05) is 23.1 Å². The second kappa shape index (κ2) is 10.3. The van der Waals surface area contributed by atoms with E-state index in [1.54, 1.807) is 48.2 Å². The molecule has 0 unspecified atom stereocenters. The normalized spacial score (nSPS) is 11.8. The van der Waals surface area contributed by atoms with Crippen LogP contribution in [-0.4, -0.2) is 24.3 Å². The number of nitrogens with one attached hydrogen (secondary N) is 1. The predicted octanol–water partition coefficient (Wildman–Crippen LogP) is 4.69. The largest absolute Gasteiger partial charge is 0.481 e. The molecule has 2 aromatic rings. The molecule has 0 radical (unpaired) electrons. The van der Waals surface area contributed by atoms with Crippen LogP contribution >= 0.6 is 23.4 Å². The molecule has 2 rings (SSSR count). The number of amides is 1. The molecule has 1 amide bonds. The number of hydrogen-bond acceptors (Lipinski definition) is 3. The Bertz CT molecular complexity index is 681. The van der Waals surface area contributed by atoms with Crippen LogP contribution in [0.1, 0.15) is 18.9 Å². The van der Waals surface area contributed by atoms with Gasteiger partial charge in [-0.2, -0.15) is 11.8 Å². The van der Waals surface area contributed by atoms with Gasteiger partial charge in [-0.1, -0.05) is 36.7 Å². The summed E-state index contributed by atoms with van der Waals surface area (Å²) in [6.45, 7) is 2.41. The highest BCUT2D eigenvalue weighted by atomic mass is 35.5. The zero-order valence-electron chi connectivity index (χ0n) is 14.0. The molecule has 0 aromatic heterocycles. The summed E-state index contributed by atoms with van der Waals surface area (Å²) in [5.41, 5.74) is 0.677. The van der Waals surface area contributed by atoms with Gasteiger partial charge < -0.3 is 10.1 Å². The Labute approximate surface area is 156 Å². The molecule has 0 heterocycles. The average molecular weight is 382 g/mol. The van der Waals surface area contributed by atoms with Crippen LogP contribution in [0.3, 0.4) is 0 Å². The van der Waals surface area contributed by atoms with E-state index in [9.17, 15) is 9.18 Å². The maximum absolute atomic E-state index is 13.5. The first-order chi connectivity index (χ1) is 12.1. The van der Waals surface area contributed by atoms with Gasteiger partial charge in [0.2, 0.25) is 0 Å². The first-order valence-corrected chi connectivity index (χ1v) is 9.64. The average Bonchev–Trinajstić information content (AvgIpc) is 2.62. The standard InChI is InChI=1S/C19H21ClFNO2S/c1-2-18(24-16-9-7-15(20)8-10-16)19(23)22-11-12-25-13-14-5-3-4-6-17(14)21/h3-10,18H,2,11-13H2,1H3,(H,22,23)/t18-/m1/s1. The summed E-state index contributed by atoms with van der Waals surface area (Å²) < 4.78 is 19.2. The van der Waals surface area contributed by atoms with Gasteiger partial charge in [0.15, 0.2) is 6.10 Å². The summed E-state index contributed by atoms with van der Waals surface area (Å²) in [6, 6.07) is 13.6. The topological polar surface area (TPSA) is 38.3 Å². The molecular weight excluding hydrogens is 361 g/mol. The first-order valence-electron chi connectivity index (χ1n) is 8.11. The Morgan fingerprint density at radius 1 is 1.24 bits per heavy atom. The molecule has 0 fully saturated rings. The highest BCUT2D eigenvalue weighted by Crippen LogP contribution is 2.18. The first kappa shape index (κ1) is 19.6. The number of benzene rings is 2. The minimum absolute atomic E-state index is 0.149. The predicted molar refractivity (Wildman–Crippen MR) is 102 cm³/mol. The van der Waals surface area contributed by atoms with E-state index < -0.39 is 6.10 Å². The lowest BCUT2D eigenvalue weighted by atomic mass is 10.2. The number of thioether (sulfide) groups is 1. The van der Waals surface area contributed by atoms with Crippen LogP contribution in [0.25, 0.3) is 0 Å². The van der Waals surface area contributed by atoms with E-state index in [0.717, 1.165) is 0 Å². The molecule has 1 atom stereocenters. The number of hydrogen-bond donors (Lipinski definition) is 1. The smallest absolute Gasteiger partial charge is 0.261 e. The Morgan fingerprint density at radius 3 is 2.64 bits per heavy atom. The van der Waals surface area contributed by atoms with Gasteiger partial charge in [-0.05, 0) is 42.3 Å². The van der Waals surface area contributed by atoms with E-state index in [1.807, 2.05) is 13.0 Å². The lowest BCUT2D eigenvalue weighted by molar-refractivity contribution is -0.127. The second-order valence-electron chi connectivity index (χ2n) is 5.40. The minimum atomic E-state index is -0.544. The second-order valence-corrected chi connectivity index (χ2v) is 6.95. The van der Waals surface area contributed by atoms with Crippen LogP contribution in [0.4, 0.5) is 4.39 Å².